The number of hydrogen-bond donors (Lipinski definition) is 0. The molecule has 0 bridgehead atoms. The first-order chi connectivity index (χ1) is 7.13. The molecule has 0 N–H and O–H groups in total. The summed E-state index contributed by atoms with van der Waals surface area (Å²) >= 11 is 0. The van der Waals surface area contributed by atoms with Crippen LogP contribution in [0.2, 0.25) is 0 Å². The van der Waals surface area contributed by atoms with E-state index >= 15 is 0 Å². The highest BCUT2D eigenvalue weighted by molar-refractivity contribution is 5.33. The van der Waals surface area contributed by atoms with Crippen LogP contribution in [0.1, 0.15) is 34.1 Å². The van der Waals surface area contributed by atoms with Gasteiger partial charge in [-0.25, -0.2) is 0 Å². The average molecular weight is 207 g/mol. The molecule has 0 aliphatic carbocycles. The van der Waals surface area contributed by atoms with Crippen LogP contribution in [0.3, 0.4) is 0 Å². The number of rotatable bonds is 2. The van der Waals surface area contributed by atoms with Gasteiger partial charge in [-0.05, 0) is 32.9 Å². The van der Waals surface area contributed by atoms with Crippen molar-refractivity contribution in [3.8, 4) is 0 Å². The standard InChI is InChI=1S/C12H19N.C2H6/c1-5-10(2)8-12-6-7-13(4)9-11(12)3;1-2/h5,8H,1,6-7,9H2,2-4H3;1-2H3/b10-8-;. The lowest BCUT2D eigenvalue weighted by atomic mass is 9.99. The second-order valence-electron chi connectivity index (χ2n) is 3.89. The summed E-state index contributed by atoms with van der Waals surface area (Å²) in [5.74, 6) is 0. The molecule has 0 amide bonds. The van der Waals surface area contributed by atoms with Crippen LogP contribution in [0.15, 0.2) is 35.5 Å². The molecule has 1 nitrogen and oxygen atoms in total. The van der Waals surface area contributed by atoms with Crippen LogP contribution in [-0.4, -0.2) is 25.0 Å². The Labute approximate surface area is 95.2 Å². The van der Waals surface area contributed by atoms with Crippen molar-refractivity contribution in [2.24, 2.45) is 0 Å². The molecule has 86 valence electrons. The third kappa shape index (κ3) is 4.98. The maximum atomic E-state index is 3.76. The average Bonchev–Trinajstić information content (AvgIpc) is 2.25. The highest BCUT2D eigenvalue weighted by atomic mass is 15.1. The molecule has 0 atom stereocenters. The molecule has 0 radical (unpaired) electrons. The topological polar surface area (TPSA) is 3.24 Å². The van der Waals surface area contributed by atoms with Gasteiger partial charge in [0.2, 0.25) is 0 Å². The zero-order chi connectivity index (χ0) is 11.8. The summed E-state index contributed by atoms with van der Waals surface area (Å²) in [5.41, 5.74) is 4.25. The zero-order valence-corrected chi connectivity index (χ0v) is 10.9. The van der Waals surface area contributed by atoms with E-state index in [1.165, 1.54) is 29.7 Å². The highest BCUT2D eigenvalue weighted by Crippen LogP contribution is 2.18. The molecule has 0 aromatic carbocycles. The van der Waals surface area contributed by atoms with E-state index in [1.54, 1.807) is 0 Å². The van der Waals surface area contributed by atoms with Crippen molar-refractivity contribution in [3.63, 3.8) is 0 Å². The quantitative estimate of drug-likeness (QED) is 0.623. The summed E-state index contributed by atoms with van der Waals surface area (Å²) in [7, 11) is 2.17. The molecule has 0 saturated carbocycles. The zero-order valence-electron chi connectivity index (χ0n) is 10.9. The fourth-order valence-corrected chi connectivity index (χ4v) is 1.64. The summed E-state index contributed by atoms with van der Waals surface area (Å²) in [6.45, 7) is 14.4. The minimum absolute atomic E-state index is 1.11. The molecule has 0 aromatic heterocycles. The number of allylic oxidation sites excluding steroid dienone is 3. The van der Waals surface area contributed by atoms with Crippen molar-refractivity contribution in [1.29, 1.82) is 0 Å². The predicted molar refractivity (Wildman–Crippen MR) is 70.1 cm³/mol. The summed E-state index contributed by atoms with van der Waals surface area (Å²) in [6, 6.07) is 0. The monoisotopic (exact) mass is 207 g/mol. The molecular weight excluding hydrogens is 182 g/mol. The second kappa shape index (κ2) is 7.47. The van der Waals surface area contributed by atoms with Crippen molar-refractivity contribution in [3.05, 3.63) is 35.5 Å². The van der Waals surface area contributed by atoms with E-state index < -0.39 is 0 Å². The normalized spacial score (nSPS) is 18.3. The van der Waals surface area contributed by atoms with Crippen molar-refractivity contribution >= 4 is 0 Å². The lowest BCUT2D eigenvalue weighted by molar-refractivity contribution is 0.350. The maximum Gasteiger partial charge on any atom is 0.0193 e. The lowest BCUT2D eigenvalue weighted by Gasteiger charge is -2.24. The van der Waals surface area contributed by atoms with Crippen molar-refractivity contribution in [1.82, 2.24) is 4.90 Å². The Bertz CT molecular complexity index is 259. The Morgan fingerprint density at radius 3 is 2.47 bits per heavy atom. The Morgan fingerprint density at radius 1 is 1.40 bits per heavy atom. The second-order valence-corrected chi connectivity index (χ2v) is 3.89. The summed E-state index contributed by atoms with van der Waals surface area (Å²) < 4.78 is 0. The molecule has 1 heterocycles. The summed E-state index contributed by atoms with van der Waals surface area (Å²) in [5, 5.41) is 0. The van der Waals surface area contributed by atoms with Gasteiger partial charge in [-0.15, -0.1) is 0 Å². The first-order valence-corrected chi connectivity index (χ1v) is 5.81. The number of likely N-dealkylation sites (N-methyl/N-ethyl adjacent to an activating group) is 1. The molecular formula is C14H25N. The van der Waals surface area contributed by atoms with E-state index in [4.69, 9.17) is 0 Å². The van der Waals surface area contributed by atoms with Gasteiger partial charge in [-0.2, -0.15) is 0 Å². The van der Waals surface area contributed by atoms with E-state index in [1.807, 2.05) is 19.9 Å². The van der Waals surface area contributed by atoms with Crippen LogP contribution in [0.4, 0.5) is 0 Å². The van der Waals surface area contributed by atoms with E-state index in [-0.39, 0.29) is 0 Å². The van der Waals surface area contributed by atoms with E-state index in [2.05, 4.69) is 38.5 Å². The first-order valence-electron chi connectivity index (χ1n) is 5.81. The predicted octanol–water partition coefficient (Wildman–Crippen LogP) is 3.80. The van der Waals surface area contributed by atoms with Gasteiger partial charge >= 0.3 is 0 Å². The smallest absolute Gasteiger partial charge is 0.0193 e. The SMILES string of the molecule is C=C/C(C)=C\C1=C(C)CN(C)CC1.CC. The third-order valence-corrected chi connectivity index (χ3v) is 2.54. The molecule has 15 heavy (non-hydrogen) atoms. The minimum atomic E-state index is 1.11. The Morgan fingerprint density at radius 2 is 2.00 bits per heavy atom. The molecule has 1 heteroatoms. The Hall–Kier alpha value is -0.820. The van der Waals surface area contributed by atoms with Gasteiger partial charge in [0.05, 0.1) is 0 Å². The van der Waals surface area contributed by atoms with Gasteiger partial charge in [-0.3, -0.25) is 0 Å². The van der Waals surface area contributed by atoms with Crippen molar-refractivity contribution < 1.29 is 0 Å². The van der Waals surface area contributed by atoms with E-state index in [0.29, 0.717) is 0 Å². The molecule has 0 unspecified atom stereocenters. The van der Waals surface area contributed by atoms with Gasteiger partial charge in [-0.1, -0.05) is 43.7 Å². The largest absolute Gasteiger partial charge is 0.302 e. The van der Waals surface area contributed by atoms with Gasteiger partial charge in [0, 0.05) is 13.1 Å². The van der Waals surface area contributed by atoms with Crippen LogP contribution >= 0.6 is 0 Å². The van der Waals surface area contributed by atoms with Gasteiger partial charge in [0.25, 0.3) is 0 Å². The fourth-order valence-electron chi connectivity index (χ4n) is 1.64. The van der Waals surface area contributed by atoms with Crippen LogP contribution in [0, 0.1) is 0 Å². The highest BCUT2D eigenvalue weighted by Gasteiger charge is 2.10. The van der Waals surface area contributed by atoms with E-state index in [0.717, 1.165) is 6.54 Å². The molecule has 0 aromatic rings. The maximum absolute atomic E-state index is 3.76. The van der Waals surface area contributed by atoms with Crippen LogP contribution in [-0.2, 0) is 0 Å². The third-order valence-electron chi connectivity index (χ3n) is 2.54. The molecule has 0 fully saturated rings. The Kier molecular flexibility index (Phi) is 7.06. The minimum Gasteiger partial charge on any atom is -0.302 e. The molecule has 0 saturated heterocycles. The lowest BCUT2D eigenvalue weighted by Crippen LogP contribution is -2.26. The van der Waals surface area contributed by atoms with Gasteiger partial charge in [0.1, 0.15) is 0 Å². The molecule has 1 aliphatic rings. The van der Waals surface area contributed by atoms with Crippen molar-refractivity contribution in [2.75, 3.05) is 20.1 Å². The fraction of sp³-hybridized carbons (Fsp3) is 0.571. The van der Waals surface area contributed by atoms with Crippen LogP contribution in [0.25, 0.3) is 0 Å². The molecule has 0 spiro atoms. The van der Waals surface area contributed by atoms with Crippen LogP contribution < -0.4 is 0 Å². The first kappa shape index (κ1) is 14.2. The van der Waals surface area contributed by atoms with Crippen LogP contribution in [0.5, 0.6) is 0 Å². The van der Waals surface area contributed by atoms with Crippen molar-refractivity contribution in [2.45, 2.75) is 34.1 Å². The summed E-state index contributed by atoms with van der Waals surface area (Å²) in [4.78, 5) is 2.36. The number of nitrogens with zero attached hydrogens (tertiary/aromatic N) is 1. The molecule has 1 aliphatic heterocycles. The van der Waals surface area contributed by atoms with E-state index in [9.17, 15) is 0 Å². The molecule has 1 rings (SSSR count). The summed E-state index contributed by atoms with van der Waals surface area (Å²) in [6.07, 6.45) is 5.35. The van der Waals surface area contributed by atoms with Gasteiger partial charge < -0.3 is 4.90 Å². The van der Waals surface area contributed by atoms with Gasteiger partial charge in [0.15, 0.2) is 0 Å². The number of hydrogen-bond acceptors (Lipinski definition) is 1. The Balaban J connectivity index is 0.000000921.